The highest BCUT2D eigenvalue weighted by atomic mass is 16.5. The van der Waals surface area contributed by atoms with Crippen LogP contribution in [0.2, 0.25) is 0 Å². The second-order valence-electron chi connectivity index (χ2n) is 6.93. The average Bonchev–Trinajstić information content (AvgIpc) is 3.29. The smallest absolute Gasteiger partial charge is 0.251 e. The summed E-state index contributed by atoms with van der Waals surface area (Å²) >= 11 is 0. The summed E-state index contributed by atoms with van der Waals surface area (Å²) in [6.07, 6.45) is 4.14. The van der Waals surface area contributed by atoms with Crippen LogP contribution < -0.4 is 5.32 Å². The Labute approximate surface area is 157 Å². The van der Waals surface area contributed by atoms with Crippen molar-refractivity contribution < 1.29 is 9.32 Å². The van der Waals surface area contributed by atoms with Crippen LogP contribution >= 0.6 is 0 Å². The molecular formula is C20H21N5O2. The third kappa shape index (κ3) is 3.73. The molecule has 2 aromatic heterocycles. The lowest BCUT2D eigenvalue weighted by Crippen LogP contribution is -2.36. The molecule has 138 valence electrons. The average molecular weight is 363 g/mol. The maximum Gasteiger partial charge on any atom is 0.251 e. The molecule has 2 atom stereocenters. The summed E-state index contributed by atoms with van der Waals surface area (Å²) in [5.74, 6) is 1.03. The minimum atomic E-state index is -0.0596. The number of likely N-dealkylation sites (tertiary alicyclic amines) is 1. The number of carbonyl (C=O) groups excluding carboxylic acids is 1. The SMILES string of the molecule is Cc1ccc(C(=O)NC2CC(c3nc(-c4cccnc4)no3)N(C)C2)cc1. The largest absolute Gasteiger partial charge is 0.348 e. The van der Waals surface area contributed by atoms with E-state index < -0.39 is 0 Å². The maximum atomic E-state index is 12.5. The van der Waals surface area contributed by atoms with Gasteiger partial charge in [0.25, 0.3) is 5.91 Å². The van der Waals surface area contributed by atoms with Crippen LogP contribution in [0.1, 0.15) is 34.3 Å². The number of rotatable bonds is 4. The first-order valence-corrected chi connectivity index (χ1v) is 8.92. The number of hydrogen-bond acceptors (Lipinski definition) is 6. The lowest BCUT2D eigenvalue weighted by Gasteiger charge is -2.14. The van der Waals surface area contributed by atoms with Gasteiger partial charge in [0.1, 0.15) is 0 Å². The molecule has 0 spiro atoms. The molecule has 3 aromatic rings. The summed E-state index contributed by atoms with van der Waals surface area (Å²) in [7, 11) is 2.00. The van der Waals surface area contributed by atoms with Crippen molar-refractivity contribution in [2.24, 2.45) is 0 Å². The zero-order valence-electron chi connectivity index (χ0n) is 15.3. The van der Waals surface area contributed by atoms with Crippen molar-refractivity contribution in [2.75, 3.05) is 13.6 Å². The Kier molecular flexibility index (Phi) is 4.68. The van der Waals surface area contributed by atoms with Crippen molar-refractivity contribution in [1.82, 2.24) is 25.3 Å². The van der Waals surface area contributed by atoms with Gasteiger partial charge in [-0.15, -0.1) is 0 Å². The summed E-state index contributed by atoms with van der Waals surface area (Å²) in [6, 6.07) is 11.3. The lowest BCUT2D eigenvalue weighted by molar-refractivity contribution is 0.0938. The Balaban J connectivity index is 1.43. The number of aromatic nitrogens is 3. The zero-order valence-corrected chi connectivity index (χ0v) is 15.3. The first-order valence-electron chi connectivity index (χ1n) is 8.92. The van der Waals surface area contributed by atoms with E-state index in [1.165, 1.54) is 0 Å². The monoisotopic (exact) mass is 363 g/mol. The molecular weight excluding hydrogens is 342 g/mol. The highest BCUT2D eigenvalue weighted by molar-refractivity contribution is 5.94. The highest BCUT2D eigenvalue weighted by Crippen LogP contribution is 2.30. The van der Waals surface area contributed by atoms with Crippen molar-refractivity contribution >= 4 is 5.91 Å². The van der Waals surface area contributed by atoms with Crippen LogP contribution in [0, 0.1) is 6.92 Å². The van der Waals surface area contributed by atoms with Gasteiger partial charge in [-0.05, 0) is 44.7 Å². The second kappa shape index (κ2) is 7.28. The Morgan fingerprint density at radius 2 is 2.07 bits per heavy atom. The van der Waals surface area contributed by atoms with Crippen molar-refractivity contribution in [3.05, 3.63) is 65.8 Å². The van der Waals surface area contributed by atoms with E-state index in [9.17, 15) is 4.79 Å². The number of amides is 1. The van der Waals surface area contributed by atoms with E-state index >= 15 is 0 Å². The van der Waals surface area contributed by atoms with Crippen LogP contribution in [0.25, 0.3) is 11.4 Å². The number of aryl methyl sites for hydroxylation is 1. The van der Waals surface area contributed by atoms with Crippen LogP contribution in [0.5, 0.6) is 0 Å². The van der Waals surface area contributed by atoms with E-state index in [1.807, 2.05) is 50.4 Å². The van der Waals surface area contributed by atoms with Gasteiger partial charge < -0.3 is 9.84 Å². The summed E-state index contributed by atoms with van der Waals surface area (Å²) in [5.41, 5.74) is 2.62. The minimum Gasteiger partial charge on any atom is -0.348 e. The van der Waals surface area contributed by atoms with E-state index in [4.69, 9.17) is 4.52 Å². The van der Waals surface area contributed by atoms with Crippen LogP contribution in [-0.2, 0) is 0 Å². The van der Waals surface area contributed by atoms with E-state index in [0.29, 0.717) is 17.3 Å². The molecule has 4 rings (SSSR count). The van der Waals surface area contributed by atoms with Gasteiger partial charge in [-0.1, -0.05) is 22.9 Å². The van der Waals surface area contributed by atoms with Gasteiger partial charge in [-0.3, -0.25) is 14.7 Å². The predicted molar refractivity (Wildman–Crippen MR) is 100.0 cm³/mol. The molecule has 0 aliphatic carbocycles. The van der Waals surface area contributed by atoms with E-state index in [-0.39, 0.29) is 18.0 Å². The van der Waals surface area contributed by atoms with Gasteiger partial charge in [0, 0.05) is 36.1 Å². The van der Waals surface area contributed by atoms with Crippen molar-refractivity contribution in [3.63, 3.8) is 0 Å². The molecule has 27 heavy (non-hydrogen) atoms. The van der Waals surface area contributed by atoms with Crippen molar-refractivity contribution in [3.8, 4) is 11.4 Å². The van der Waals surface area contributed by atoms with Crippen LogP contribution in [0.15, 0.2) is 53.3 Å². The number of nitrogens with one attached hydrogen (secondary N) is 1. The summed E-state index contributed by atoms with van der Waals surface area (Å²) < 4.78 is 5.48. The molecule has 2 unspecified atom stereocenters. The summed E-state index contributed by atoms with van der Waals surface area (Å²) in [5, 5.41) is 7.17. The molecule has 3 heterocycles. The molecule has 1 N–H and O–H groups in total. The quantitative estimate of drug-likeness (QED) is 0.767. The molecule has 7 heteroatoms. The van der Waals surface area contributed by atoms with E-state index in [0.717, 1.165) is 24.1 Å². The number of benzene rings is 1. The fourth-order valence-corrected chi connectivity index (χ4v) is 3.35. The number of pyridine rings is 1. The first kappa shape index (κ1) is 17.4. The lowest BCUT2D eigenvalue weighted by atomic mass is 10.1. The molecule has 1 aromatic carbocycles. The molecule has 0 bridgehead atoms. The Morgan fingerprint density at radius 1 is 1.26 bits per heavy atom. The van der Waals surface area contributed by atoms with Crippen LogP contribution in [0.3, 0.4) is 0 Å². The normalized spacial score (nSPS) is 19.9. The Morgan fingerprint density at radius 3 is 2.81 bits per heavy atom. The molecule has 1 aliphatic heterocycles. The molecule has 0 saturated carbocycles. The predicted octanol–water partition coefficient (Wildman–Crippen LogP) is 2.62. The third-order valence-corrected chi connectivity index (χ3v) is 4.84. The van der Waals surface area contributed by atoms with Gasteiger partial charge >= 0.3 is 0 Å². The molecule has 1 amide bonds. The summed E-state index contributed by atoms with van der Waals surface area (Å²) in [6.45, 7) is 2.73. The Hall–Kier alpha value is -3.06. The molecule has 1 saturated heterocycles. The van der Waals surface area contributed by atoms with Crippen molar-refractivity contribution in [1.29, 1.82) is 0 Å². The van der Waals surface area contributed by atoms with Crippen LogP contribution in [-0.4, -0.2) is 45.6 Å². The van der Waals surface area contributed by atoms with Gasteiger partial charge in [-0.25, -0.2) is 0 Å². The van der Waals surface area contributed by atoms with E-state index in [1.54, 1.807) is 12.4 Å². The van der Waals surface area contributed by atoms with Crippen molar-refractivity contribution in [2.45, 2.75) is 25.4 Å². The Bertz CT molecular complexity index is 923. The topological polar surface area (TPSA) is 84.2 Å². The van der Waals surface area contributed by atoms with Gasteiger partial charge in [0.05, 0.1) is 6.04 Å². The number of carbonyl (C=O) groups is 1. The van der Waals surface area contributed by atoms with E-state index in [2.05, 4.69) is 25.3 Å². The van der Waals surface area contributed by atoms with Gasteiger partial charge in [0.2, 0.25) is 11.7 Å². The third-order valence-electron chi connectivity index (χ3n) is 4.84. The van der Waals surface area contributed by atoms with Gasteiger partial charge in [-0.2, -0.15) is 4.98 Å². The minimum absolute atomic E-state index is 0.0220. The van der Waals surface area contributed by atoms with Crippen LogP contribution in [0.4, 0.5) is 0 Å². The number of nitrogens with zero attached hydrogens (tertiary/aromatic N) is 4. The van der Waals surface area contributed by atoms with Gasteiger partial charge in [0.15, 0.2) is 0 Å². The fourth-order valence-electron chi connectivity index (χ4n) is 3.35. The zero-order chi connectivity index (χ0) is 18.8. The number of hydrogen-bond donors (Lipinski definition) is 1. The maximum absolute atomic E-state index is 12.5. The summed E-state index contributed by atoms with van der Waals surface area (Å²) in [4.78, 5) is 23.2. The standard InChI is InChI=1S/C20H21N5O2/c1-13-5-7-14(8-6-13)19(26)22-16-10-17(25(2)12-16)20-23-18(24-27-20)15-4-3-9-21-11-15/h3-9,11,16-17H,10,12H2,1-2H3,(H,22,26). The fraction of sp³-hybridized carbons (Fsp3) is 0.300. The first-order chi connectivity index (χ1) is 13.1. The highest BCUT2D eigenvalue weighted by Gasteiger charge is 2.35. The number of likely N-dealkylation sites (N-methyl/N-ethyl adjacent to an activating group) is 1. The second-order valence-corrected chi connectivity index (χ2v) is 6.93. The molecule has 7 nitrogen and oxygen atoms in total. The molecule has 0 radical (unpaired) electrons. The molecule has 1 fully saturated rings. The molecule has 1 aliphatic rings.